The number of rotatable bonds is 4. The average Bonchev–Trinajstić information content (AvgIpc) is 3.09. The Morgan fingerprint density at radius 2 is 1.28 bits per heavy atom. The molecule has 0 saturated heterocycles. The Morgan fingerprint density at radius 3 is 1.50 bits per heavy atom. The quantitative estimate of drug-likeness (QED) is 0.637. The summed E-state index contributed by atoms with van der Waals surface area (Å²) in [4.78, 5) is 10.3. The highest BCUT2D eigenvalue weighted by Gasteiger charge is 2.04. The number of thiophene rings is 2. The summed E-state index contributed by atoms with van der Waals surface area (Å²) in [7, 11) is 0. The SMILES string of the molecule is CC(OO)c1cccs1.CC(OO)c1cccs1. The molecule has 0 amide bonds. The molecule has 0 fully saturated rings. The van der Waals surface area contributed by atoms with E-state index in [2.05, 4.69) is 9.78 Å². The predicted molar refractivity (Wildman–Crippen MR) is 72.9 cm³/mol. The molecule has 0 spiro atoms. The van der Waals surface area contributed by atoms with Crippen LogP contribution in [0.3, 0.4) is 0 Å². The van der Waals surface area contributed by atoms with E-state index in [4.69, 9.17) is 10.5 Å². The van der Waals surface area contributed by atoms with Gasteiger partial charge in [0.2, 0.25) is 0 Å². The van der Waals surface area contributed by atoms with Crippen LogP contribution in [-0.4, -0.2) is 10.5 Å². The van der Waals surface area contributed by atoms with Crippen LogP contribution in [-0.2, 0) is 9.78 Å². The van der Waals surface area contributed by atoms with Crippen LogP contribution in [0.4, 0.5) is 0 Å². The van der Waals surface area contributed by atoms with Gasteiger partial charge in [-0.25, -0.2) is 9.78 Å². The summed E-state index contributed by atoms with van der Waals surface area (Å²) in [6.07, 6.45) is -0.380. The standard InChI is InChI=1S/2C6H8O2S/c2*1-5(8-7)6-3-2-4-9-6/h2*2-5,7H,1H3. The van der Waals surface area contributed by atoms with E-state index < -0.39 is 0 Å². The van der Waals surface area contributed by atoms with Crippen LogP contribution in [0.15, 0.2) is 35.0 Å². The Kier molecular flexibility index (Phi) is 7.11. The molecule has 2 unspecified atom stereocenters. The molecule has 0 saturated carbocycles. The highest BCUT2D eigenvalue weighted by molar-refractivity contribution is 7.10. The lowest BCUT2D eigenvalue weighted by Crippen LogP contribution is -1.91. The van der Waals surface area contributed by atoms with Gasteiger partial charge in [0, 0.05) is 9.75 Å². The van der Waals surface area contributed by atoms with E-state index in [-0.39, 0.29) is 12.2 Å². The molecule has 2 aromatic rings. The molecular weight excluding hydrogens is 272 g/mol. The van der Waals surface area contributed by atoms with Crippen molar-refractivity contribution in [3.63, 3.8) is 0 Å². The summed E-state index contributed by atoms with van der Waals surface area (Å²) >= 11 is 3.14. The van der Waals surface area contributed by atoms with Gasteiger partial charge in [0.05, 0.1) is 0 Å². The molecule has 2 heterocycles. The van der Waals surface area contributed by atoms with Gasteiger partial charge in [-0.2, -0.15) is 0 Å². The molecule has 6 heteroatoms. The van der Waals surface area contributed by atoms with E-state index in [1.54, 1.807) is 36.5 Å². The molecule has 2 atom stereocenters. The summed E-state index contributed by atoms with van der Waals surface area (Å²) in [6, 6.07) is 7.70. The van der Waals surface area contributed by atoms with Crippen molar-refractivity contribution in [3.8, 4) is 0 Å². The Labute approximate surface area is 114 Å². The third-order valence-electron chi connectivity index (χ3n) is 2.20. The lowest BCUT2D eigenvalue weighted by atomic mass is 10.3. The van der Waals surface area contributed by atoms with Gasteiger partial charge in [0.25, 0.3) is 0 Å². The van der Waals surface area contributed by atoms with E-state index in [1.807, 2.05) is 35.0 Å². The fourth-order valence-corrected chi connectivity index (χ4v) is 2.56. The second kappa shape index (κ2) is 8.36. The molecule has 0 radical (unpaired) electrons. The minimum atomic E-state index is -0.190. The topological polar surface area (TPSA) is 58.9 Å². The number of hydrogen-bond donors (Lipinski definition) is 2. The second-order valence-corrected chi connectivity index (χ2v) is 5.48. The normalized spacial score (nSPS) is 13.6. The van der Waals surface area contributed by atoms with Gasteiger partial charge in [-0.3, -0.25) is 10.5 Å². The van der Waals surface area contributed by atoms with Gasteiger partial charge in [0.15, 0.2) is 0 Å². The van der Waals surface area contributed by atoms with Crippen molar-refractivity contribution in [1.29, 1.82) is 0 Å². The molecule has 2 aromatic heterocycles. The first-order chi connectivity index (χ1) is 8.69. The summed E-state index contributed by atoms with van der Waals surface area (Å²) in [6.45, 7) is 3.59. The zero-order valence-electron chi connectivity index (χ0n) is 10.1. The average molecular weight is 288 g/mol. The highest BCUT2D eigenvalue weighted by atomic mass is 32.1. The monoisotopic (exact) mass is 288 g/mol. The van der Waals surface area contributed by atoms with Gasteiger partial charge in [0.1, 0.15) is 12.2 Å². The fourth-order valence-electron chi connectivity index (χ4n) is 1.15. The van der Waals surface area contributed by atoms with Crippen LogP contribution >= 0.6 is 22.7 Å². The van der Waals surface area contributed by atoms with Crippen LogP contribution in [0.5, 0.6) is 0 Å². The number of hydrogen-bond acceptors (Lipinski definition) is 6. The van der Waals surface area contributed by atoms with Gasteiger partial charge in [-0.15, -0.1) is 22.7 Å². The van der Waals surface area contributed by atoms with Crippen molar-refractivity contribution < 1.29 is 20.3 Å². The second-order valence-electron chi connectivity index (χ2n) is 3.53. The van der Waals surface area contributed by atoms with E-state index in [1.165, 1.54) is 0 Å². The highest BCUT2D eigenvalue weighted by Crippen LogP contribution is 2.20. The van der Waals surface area contributed by atoms with Gasteiger partial charge in [-0.1, -0.05) is 12.1 Å². The van der Waals surface area contributed by atoms with E-state index >= 15 is 0 Å². The van der Waals surface area contributed by atoms with Crippen LogP contribution in [0.2, 0.25) is 0 Å². The molecule has 0 aliphatic rings. The lowest BCUT2D eigenvalue weighted by Gasteiger charge is -2.01. The van der Waals surface area contributed by atoms with Crippen molar-refractivity contribution in [2.24, 2.45) is 0 Å². The zero-order chi connectivity index (χ0) is 13.4. The van der Waals surface area contributed by atoms with E-state index in [9.17, 15) is 0 Å². The first-order valence-electron chi connectivity index (χ1n) is 5.36. The van der Waals surface area contributed by atoms with Crippen LogP contribution in [0.25, 0.3) is 0 Å². The fraction of sp³-hybridized carbons (Fsp3) is 0.333. The van der Waals surface area contributed by atoms with Gasteiger partial charge < -0.3 is 0 Å². The summed E-state index contributed by atoms with van der Waals surface area (Å²) in [5, 5.41) is 20.3. The van der Waals surface area contributed by atoms with E-state index in [0.717, 1.165) is 9.75 Å². The maximum absolute atomic E-state index is 8.21. The molecule has 100 valence electrons. The van der Waals surface area contributed by atoms with Crippen molar-refractivity contribution in [2.75, 3.05) is 0 Å². The third-order valence-corrected chi connectivity index (χ3v) is 4.27. The smallest absolute Gasteiger partial charge is 0.124 e. The Hall–Kier alpha value is -0.760. The van der Waals surface area contributed by atoms with E-state index in [0.29, 0.717) is 0 Å². The Bertz CT molecular complexity index is 359. The Morgan fingerprint density at radius 1 is 0.889 bits per heavy atom. The van der Waals surface area contributed by atoms with Crippen LogP contribution in [0.1, 0.15) is 35.8 Å². The van der Waals surface area contributed by atoms with Crippen molar-refractivity contribution >= 4 is 22.7 Å². The molecule has 0 aliphatic heterocycles. The van der Waals surface area contributed by atoms with Gasteiger partial charge in [-0.05, 0) is 36.7 Å². The molecule has 2 rings (SSSR count). The molecule has 0 bridgehead atoms. The zero-order valence-corrected chi connectivity index (χ0v) is 11.8. The molecule has 0 aliphatic carbocycles. The predicted octanol–water partition coefficient (Wildman–Crippen LogP) is 4.60. The lowest BCUT2D eigenvalue weighted by molar-refractivity contribution is -0.276. The first kappa shape index (κ1) is 15.3. The largest absolute Gasteiger partial charge is 0.251 e. The van der Waals surface area contributed by atoms with Gasteiger partial charge >= 0.3 is 0 Å². The summed E-state index contributed by atoms with van der Waals surface area (Å²) < 4.78 is 0. The Balaban J connectivity index is 0.000000180. The summed E-state index contributed by atoms with van der Waals surface area (Å²) in [5.41, 5.74) is 0. The first-order valence-corrected chi connectivity index (χ1v) is 7.12. The minimum Gasteiger partial charge on any atom is -0.251 e. The molecular formula is C12H16O4S2. The van der Waals surface area contributed by atoms with Crippen molar-refractivity contribution in [1.82, 2.24) is 0 Å². The van der Waals surface area contributed by atoms with Crippen LogP contribution < -0.4 is 0 Å². The third kappa shape index (κ3) is 4.85. The van der Waals surface area contributed by atoms with Crippen molar-refractivity contribution in [2.45, 2.75) is 26.1 Å². The minimum absolute atomic E-state index is 0.190. The van der Waals surface area contributed by atoms with Crippen molar-refractivity contribution in [3.05, 3.63) is 44.8 Å². The maximum atomic E-state index is 8.21. The molecule has 2 N–H and O–H groups in total. The maximum Gasteiger partial charge on any atom is 0.124 e. The summed E-state index contributed by atoms with van der Waals surface area (Å²) in [5.74, 6) is 0. The molecule has 0 aromatic carbocycles. The molecule has 4 nitrogen and oxygen atoms in total. The van der Waals surface area contributed by atoms with Crippen LogP contribution in [0, 0.1) is 0 Å². The molecule has 18 heavy (non-hydrogen) atoms.